The van der Waals surface area contributed by atoms with Gasteiger partial charge >= 0.3 is 0 Å². The standard InChI is InChI=1S/C13H21NO2/c1-10-4-2-3-5-13(10)15-9-12-7-6-11(8-14)16-12/h6-7,10,13H,2-5,8-9,14H2,1H3. The normalized spacial score (nSPS) is 25.9. The van der Waals surface area contributed by atoms with Crippen molar-refractivity contribution in [3.63, 3.8) is 0 Å². The molecule has 0 spiro atoms. The summed E-state index contributed by atoms with van der Waals surface area (Å²) < 4.78 is 11.4. The molecule has 1 aromatic heterocycles. The SMILES string of the molecule is CC1CCCCC1OCc1ccc(CN)o1. The van der Waals surface area contributed by atoms with Gasteiger partial charge in [-0.25, -0.2) is 0 Å². The minimum Gasteiger partial charge on any atom is -0.462 e. The van der Waals surface area contributed by atoms with Crippen molar-refractivity contribution in [1.82, 2.24) is 0 Å². The first kappa shape index (κ1) is 11.7. The van der Waals surface area contributed by atoms with Crippen LogP contribution in [0.15, 0.2) is 16.5 Å². The maximum absolute atomic E-state index is 5.90. The Bertz CT molecular complexity index is 321. The average molecular weight is 223 g/mol. The highest BCUT2D eigenvalue weighted by molar-refractivity contribution is 5.05. The molecule has 2 atom stereocenters. The second kappa shape index (κ2) is 5.51. The summed E-state index contributed by atoms with van der Waals surface area (Å²) in [6.07, 6.45) is 5.52. The first-order chi connectivity index (χ1) is 7.79. The van der Waals surface area contributed by atoms with E-state index in [2.05, 4.69) is 6.92 Å². The van der Waals surface area contributed by atoms with Crippen LogP contribution >= 0.6 is 0 Å². The molecule has 0 aromatic carbocycles. The van der Waals surface area contributed by atoms with Crippen LogP contribution in [0.1, 0.15) is 44.1 Å². The van der Waals surface area contributed by atoms with Crippen molar-refractivity contribution in [2.24, 2.45) is 11.7 Å². The quantitative estimate of drug-likeness (QED) is 0.853. The third-order valence-electron chi connectivity index (χ3n) is 3.39. The average Bonchev–Trinajstić information content (AvgIpc) is 2.76. The molecule has 3 nitrogen and oxygen atoms in total. The predicted octanol–water partition coefficient (Wildman–Crippen LogP) is 2.83. The molecule has 1 aliphatic rings. The van der Waals surface area contributed by atoms with Gasteiger partial charge in [0.15, 0.2) is 0 Å². The van der Waals surface area contributed by atoms with E-state index in [0.717, 1.165) is 11.5 Å². The molecular formula is C13H21NO2. The molecule has 0 saturated heterocycles. The number of hydrogen-bond donors (Lipinski definition) is 1. The maximum Gasteiger partial charge on any atom is 0.129 e. The van der Waals surface area contributed by atoms with Crippen molar-refractivity contribution in [2.75, 3.05) is 0 Å². The number of ether oxygens (including phenoxy) is 1. The van der Waals surface area contributed by atoms with E-state index in [0.29, 0.717) is 25.2 Å². The lowest BCUT2D eigenvalue weighted by atomic mass is 9.88. The van der Waals surface area contributed by atoms with E-state index in [4.69, 9.17) is 14.9 Å². The second-order valence-corrected chi connectivity index (χ2v) is 4.68. The van der Waals surface area contributed by atoms with Crippen LogP contribution in [0.25, 0.3) is 0 Å². The second-order valence-electron chi connectivity index (χ2n) is 4.68. The third kappa shape index (κ3) is 2.86. The molecule has 1 saturated carbocycles. The molecule has 90 valence electrons. The highest BCUT2D eigenvalue weighted by Crippen LogP contribution is 2.27. The summed E-state index contributed by atoms with van der Waals surface area (Å²) >= 11 is 0. The fourth-order valence-corrected chi connectivity index (χ4v) is 2.33. The Morgan fingerprint density at radius 2 is 2.06 bits per heavy atom. The Hall–Kier alpha value is -0.800. The van der Waals surface area contributed by atoms with Crippen molar-refractivity contribution in [3.05, 3.63) is 23.7 Å². The summed E-state index contributed by atoms with van der Waals surface area (Å²) in [4.78, 5) is 0. The van der Waals surface area contributed by atoms with Crippen LogP contribution in [0.2, 0.25) is 0 Å². The van der Waals surface area contributed by atoms with Crippen LogP contribution in [0.4, 0.5) is 0 Å². The Balaban J connectivity index is 1.81. The van der Waals surface area contributed by atoms with Gasteiger partial charge in [0.25, 0.3) is 0 Å². The van der Waals surface area contributed by atoms with Gasteiger partial charge in [-0.2, -0.15) is 0 Å². The van der Waals surface area contributed by atoms with Crippen molar-refractivity contribution in [2.45, 2.75) is 51.9 Å². The molecule has 3 heteroatoms. The number of rotatable bonds is 4. The van der Waals surface area contributed by atoms with Gasteiger partial charge in [-0.15, -0.1) is 0 Å². The minimum atomic E-state index is 0.403. The van der Waals surface area contributed by atoms with Crippen LogP contribution in [0.3, 0.4) is 0 Å². The van der Waals surface area contributed by atoms with E-state index in [1.807, 2.05) is 12.1 Å². The fourth-order valence-electron chi connectivity index (χ4n) is 2.33. The zero-order valence-electron chi connectivity index (χ0n) is 9.95. The summed E-state index contributed by atoms with van der Waals surface area (Å²) in [6.45, 7) is 3.31. The van der Waals surface area contributed by atoms with Crippen LogP contribution in [-0.2, 0) is 17.9 Å². The zero-order chi connectivity index (χ0) is 11.4. The molecule has 16 heavy (non-hydrogen) atoms. The van der Waals surface area contributed by atoms with E-state index in [9.17, 15) is 0 Å². The molecule has 2 rings (SSSR count). The van der Waals surface area contributed by atoms with Gasteiger partial charge in [0.05, 0.1) is 12.6 Å². The van der Waals surface area contributed by atoms with Gasteiger partial charge in [0, 0.05) is 0 Å². The van der Waals surface area contributed by atoms with E-state index >= 15 is 0 Å². The summed E-state index contributed by atoms with van der Waals surface area (Å²) in [6, 6.07) is 3.87. The molecule has 0 amide bonds. The van der Waals surface area contributed by atoms with Crippen molar-refractivity contribution in [3.8, 4) is 0 Å². The van der Waals surface area contributed by atoms with E-state index in [-0.39, 0.29) is 0 Å². The van der Waals surface area contributed by atoms with Crippen molar-refractivity contribution >= 4 is 0 Å². The lowest BCUT2D eigenvalue weighted by Gasteiger charge is -2.28. The Kier molecular flexibility index (Phi) is 4.02. The zero-order valence-corrected chi connectivity index (χ0v) is 9.95. The molecular weight excluding hydrogens is 202 g/mol. The first-order valence-electron chi connectivity index (χ1n) is 6.19. The first-order valence-corrected chi connectivity index (χ1v) is 6.19. The lowest BCUT2D eigenvalue weighted by Crippen LogP contribution is -2.25. The summed E-state index contributed by atoms with van der Waals surface area (Å²) in [7, 11) is 0. The van der Waals surface area contributed by atoms with Gasteiger partial charge < -0.3 is 14.9 Å². The molecule has 2 N–H and O–H groups in total. The highest BCUT2D eigenvalue weighted by Gasteiger charge is 2.22. The predicted molar refractivity (Wildman–Crippen MR) is 62.8 cm³/mol. The summed E-state index contributed by atoms with van der Waals surface area (Å²) in [5.41, 5.74) is 5.49. The van der Waals surface area contributed by atoms with Crippen molar-refractivity contribution in [1.29, 1.82) is 0 Å². The fraction of sp³-hybridized carbons (Fsp3) is 0.692. The molecule has 1 heterocycles. The number of hydrogen-bond acceptors (Lipinski definition) is 3. The minimum absolute atomic E-state index is 0.403. The molecule has 0 bridgehead atoms. The van der Waals surface area contributed by atoms with Gasteiger partial charge in [-0.05, 0) is 30.9 Å². The Labute approximate surface area is 97.0 Å². The highest BCUT2D eigenvalue weighted by atomic mass is 16.5. The molecule has 1 aromatic rings. The molecule has 1 fully saturated rings. The molecule has 0 radical (unpaired) electrons. The van der Waals surface area contributed by atoms with Crippen LogP contribution in [0, 0.1) is 5.92 Å². The van der Waals surface area contributed by atoms with E-state index in [1.165, 1.54) is 25.7 Å². The number of nitrogens with two attached hydrogens (primary N) is 1. The van der Waals surface area contributed by atoms with Crippen molar-refractivity contribution < 1.29 is 9.15 Å². The molecule has 0 aliphatic heterocycles. The van der Waals surface area contributed by atoms with Gasteiger partial charge in [0.1, 0.15) is 18.1 Å². The van der Waals surface area contributed by atoms with Crippen LogP contribution in [0.5, 0.6) is 0 Å². The monoisotopic (exact) mass is 223 g/mol. The van der Waals surface area contributed by atoms with E-state index in [1.54, 1.807) is 0 Å². The lowest BCUT2D eigenvalue weighted by molar-refractivity contribution is -0.0222. The smallest absolute Gasteiger partial charge is 0.129 e. The summed E-state index contributed by atoms with van der Waals surface area (Å²) in [5, 5.41) is 0. The van der Waals surface area contributed by atoms with Crippen LogP contribution < -0.4 is 5.73 Å². The number of furan rings is 1. The van der Waals surface area contributed by atoms with Gasteiger partial charge in [-0.3, -0.25) is 0 Å². The van der Waals surface area contributed by atoms with Gasteiger partial charge in [0.2, 0.25) is 0 Å². The maximum atomic E-state index is 5.90. The topological polar surface area (TPSA) is 48.4 Å². The molecule has 2 unspecified atom stereocenters. The molecule has 1 aliphatic carbocycles. The van der Waals surface area contributed by atoms with Gasteiger partial charge in [-0.1, -0.05) is 19.8 Å². The van der Waals surface area contributed by atoms with E-state index < -0.39 is 0 Å². The Morgan fingerprint density at radius 1 is 1.31 bits per heavy atom. The Morgan fingerprint density at radius 3 is 2.75 bits per heavy atom. The van der Waals surface area contributed by atoms with Crippen LogP contribution in [-0.4, -0.2) is 6.10 Å². The summed E-state index contributed by atoms with van der Waals surface area (Å²) in [5.74, 6) is 2.39. The third-order valence-corrected chi connectivity index (χ3v) is 3.39. The largest absolute Gasteiger partial charge is 0.462 e.